The third kappa shape index (κ3) is 3.74. The fourth-order valence-corrected chi connectivity index (χ4v) is 3.69. The van der Waals surface area contributed by atoms with Gasteiger partial charge < -0.3 is 9.47 Å². The molecule has 150 valence electrons. The number of rotatable bonds is 4. The summed E-state index contributed by atoms with van der Waals surface area (Å²) in [6.45, 7) is 5.13. The van der Waals surface area contributed by atoms with Gasteiger partial charge in [-0.25, -0.2) is 8.42 Å². The number of nitrogens with zero attached hydrogens (tertiary/aromatic N) is 1. The second kappa shape index (κ2) is 6.86. The van der Waals surface area contributed by atoms with Crippen LogP contribution in [-0.4, -0.2) is 33.3 Å². The molecule has 1 heterocycles. The molecule has 1 amide bonds. The second-order valence-corrected chi connectivity index (χ2v) is 9.24. The van der Waals surface area contributed by atoms with E-state index in [4.69, 9.17) is 21.1 Å². The number of sulfonamides is 1. The summed E-state index contributed by atoms with van der Waals surface area (Å²) in [5.41, 5.74) is 0.950. The van der Waals surface area contributed by atoms with Crippen molar-refractivity contribution in [1.29, 1.82) is 0 Å². The summed E-state index contributed by atoms with van der Waals surface area (Å²) in [7, 11) is -1.95. The van der Waals surface area contributed by atoms with Gasteiger partial charge in [0.2, 0.25) is 10.0 Å². The van der Waals surface area contributed by atoms with Crippen molar-refractivity contribution in [3.05, 3.63) is 40.9 Å². The number of amides is 1. The van der Waals surface area contributed by atoms with Crippen LogP contribution in [0.5, 0.6) is 11.5 Å². The number of nitrogens with one attached hydrogen (secondary N) is 1. The Hall–Kier alpha value is -2.45. The third-order valence-corrected chi connectivity index (χ3v) is 5.30. The molecule has 0 radical (unpaired) electrons. The maximum absolute atomic E-state index is 13.2. The van der Waals surface area contributed by atoms with Crippen LogP contribution < -0.4 is 19.1 Å². The molecule has 3 rings (SSSR count). The molecule has 7 nitrogen and oxygen atoms in total. The van der Waals surface area contributed by atoms with E-state index in [1.165, 1.54) is 12.0 Å². The number of carbonyl (C=O) groups is 1. The zero-order valence-corrected chi connectivity index (χ0v) is 17.7. The molecular formula is C19H21ClN2O5S. The predicted octanol–water partition coefficient (Wildman–Crippen LogP) is 3.86. The molecule has 1 aliphatic rings. The molecule has 1 aliphatic heterocycles. The highest BCUT2D eigenvalue weighted by Crippen LogP contribution is 2.46. The summed E-state index contributed by atoms with van der Waals surface area (Å²) >= 11 is 6.21. The van der Waals surface area contributed by atoms with Crippen LogP contribution in [0, 0.1) is 6.92 Å². The lowest BCUT2D eigenvalue weighted by atomic mass is 10.0. The van der Waals surface area contributed by atoms with Crippen molar-refractivity contribution in [2.24, 2.45) is 0 Å². The maximum atomic E-state index is 13.2. The van der Waals surface area contributed by atoms with E-state index in [1.54, 1.807) is 44.2 Å². The summed E-state index contributed by atoms with van der Waals surface area (Å²) in [5, 5.41) is 0.522. The summed E-state index contributed by atoms with van der Waals surface area (Å²) < 4.78 is 36.8. The van der Waals surface area contributed by atoms with Crippen LogP contribution in [-0.2, 0) is 14.8 Å². The summed E-state index contributed by atoms with van der Waals surface area (Å²) in [6.07, 6.45) is 1.06. The van der Waals surface area contributed by atoms with E-state index in [9.17, 15) is 13.2 Å². The number of halogens is 1. The van der Waals surface area contributed by atoms with Crippen LogP contribution in [0.1, 0.15) is 19.4 Å². The van der Waals surface area contributed by atoms with Gasteiger partial charge in [-0.2, -0.15) is 0 Å². The Balaban J connectivity index is 2.21. The van der Waals surface area contributed by atoms with E-state index < -0.39 is 15.6 Å². The van der Waals surface area contributed by atoms with Crippen molar-refractivity contribution in [2.75, 3.05) is 23.0 Å². The molecule has 0 bridgehead atoms. The first-order chi connectivity index (χ1) is 12.9. The molecule has 2 aromatic carbocycles. The van der Waals surface area contributed by atoms with Crippen molar-refractivity contribution in [3.63, 3.8) is 0 Å². The van der Waals surface area contributed by atoms with Crippen LogP contribution in [0.2, 0.25) is 5.02 Å². The lowest BCUT2D eigenvalue weighted by Gasteiger charge is -2.39. The van der Waals surface area contributed by atoms with E-state index in [0.29, 0.717) is 33.6 Å². The van der Waals surface area contributed by atoms with Gasteiger partial charge in [0.15, 0.2) is 5.60 Å². The van der Waals surface area contributed by atoms with Crippen molar-refractivity contribution < 1.29 is 22.7 Å². The van der Waals surface area contributed by atoms with Gasteiger partial charge in [-0.3, -0.25) is 14.4 Å². The topological polar surface area (TPSA) is 84.9 Å². The van der Waals surface area contributed by atoms with Gasteiger partial charge in [-0.1, -0.05) is 11.6 Å². The predicted molar refractivity (Wildman–Crippen MR) is 110 cm³/mol. The summed E-state index contributed by atoms with van der Waals surface area (Å²) in [4.78, 5) is 14.7. The molecule has 0 fully saturated rings. The summed E-state index contributed by atoms with van der Waals surface area (Å²) in [6, 6.07) is 8.16. The Bertz CT molecular complexity index is 1070. The van der Waals surface area contributed by atoms with Gasteiger partial charge in [-0.15, -0.1) is 0 Å². The molecule has 0 unspecified atom stereocenters. The Morgan fingerprint density at radius 3 is 2.46 bits per heavy atom. The minimum absolute atomic E-state index is 0.288. The molecule has 0 spiro atoms. The molecule has 28 heavy (non-hydrogen) atoms. The SMILES string of the molecule is COc1cc(Cl)c(C)cc1N1C(=O)C(C)(C)Oc2cc(NS(C)(=O)=O)ccc21. The van der Waals surface area contributed by atoms with Crippen molar-refractivity contribution in [1.82, 2.24) is 0 Å². The van der Waals surface area contributed by atoms with Crippen molar-refractivity contribution in [3.8, 4) is 11.5 Å². The highest BCUT2D eigenvalue weighted by Gasteiger charge is 2.42. The Kier molecular flexibility index (Phi) is 4.97. The highest BCUT2D eigenvalue weighted by atomic mass is 35.5. The van der Waals surface area contributed by atoms with E-state index in [1.807, 2.05) is 6.92 Å². The number of anilines is 3. The van der Waals surface area contributed by atoms with Crippen molar-refractivity contribution in [2.45, 2.75) is 26.4 Å². The fraction of sp³-hybridized carbons (Fsp3) is 0.316. The number of ether oxygens (including phenoxy) is 2. The Morgan fingerprint density at radius 2 is 1.86 bits per heavy atom. The highest BCUT2D eigenvalue weighted by molar-refractivity contribution is 7.92. The van der Waals surface area contributed by atoms with Gasteiger partial charge in [0, 0.05) is 17.2 Å². The largest absolute Gasteiger partial charge is 0.495 e. The van der Waals surface area contributed by atoms with E-state index in [0.717, 1.165) is 11.8 Å². The maximum Gasteiger partial charge on any atom is 0.275 e. The molecule has 9 heteroatoms. The second-order valence-electron chi connectivity index (χ2n) is 7.08. The smallest absolute Gasteiger partial charge is 0.275 e. The zero-order chi connectivity index (χ0) is 20.9. The van der Waals surface area contributed by atoms with Gasteiger partial charge in [0.25, 0.3) is 5.91 Å². The van der Waals surface area contributed by atoms with Crippen LogP contribution in [0.3, 0.4) is 0 Å². The quantitative estimate of drug-likeness (QED) is 0.805. The van der Waals surface area contributed by atoms with E-state index in [-0.39, 0.29) is 5.91 Å². The lowest BCUT2D eigenvalue weighted by Crippen LogP contribution is -2.50. The Labute approximate surface area is 169 Å². The molecule has 2 aromatic rings. The number of methoxy groups -OCH3 is 1. The van der Waals surface area contributed by atoms with Crippen LogP contribution in [0.15, 0.2) is 30.3 Å². The first kappa shape index (κ1) is 20.3. The molecule has 0 aromatic heterocycles. The van der Waals surface area contributed by atoms with Gasteiger partial charge in [0.05, 0.1) is 30.4 Å². The van der Waals surface area contributed by atoms with Gasteiger partial charge >= 0.3 is 0 Å². The minimum atomic E-state index is -3.45. The monoisotopic (exact) mass is 424 g/mol. The average molecular weight is 425 g/mol. The fourth-order valence-electron chi connectivity index (χ4n) is 2.98. The summed E-state index contributed by atoms with van der Waals surface area (Å²) in [5.74, 6) is 0.516. The van der Waals surface area contributed by atoms with Crippen LogP contribution >= 0.6 is 11.6 Å². The minimum Gasteiger partial charge on any atom is -0.495 e. The molecule has 0 saturated heterocycles. The number of fused-ring (bicyclic) bond motifs is 1. The van der Waals surface area contributed by atoms with E-state index in [2.05, 4.69) is 4.72 Å². The number of carbonyl (C=O) groups excluding carboxylic acids is 1. The van der Waals surface area contributed by atoms with Crippen molar-refractivity contribution >= 4 is 44.6 Å². The average Bonchev–Trinajstić information content (AvgIpc) is 2.57. The van der Waals surface area contributed by atoms with Crippen LogP contribution in [0.25, 0.3) is 0 Å². The number of hydrogen-bond acceptors (Lipinski definition) is 5. The number of benzene rings is 2. The molecular weight excluding hydrogens is 404 g/mol. The van der Waals surface area contributed by atoms with E-state index >= 15 is 0 Å². The molecule has 0 saturated carbocycles. The first-order valence-corrected chi connectivity index (χ1v) is 10.7. The zero-order valence-electron chi connectivity index (χ0n) is 16.2. The molecule has 1 N–H and O–H groups in total. The lowest BCUT2D eigenvalue weighted by molar-refractivity contribution is -0.131. The normalized spacial score (nSPS) is 15.6. The molecule has 0 aliphatic carbocycles. The van der Waals surface area contributed by atoms with Gasteiger partial charge in [0.1, 0.15) is 11.5 Å². The Morgan fingerprint density at radius 1 is 1.18 bits per heavy atom. The van der Waals surface area contributed by atoms with Crippen LogP contribution in [0.4, 0.5) is 17.1 Å². The first-order valence-electron chi connectivity index (χ1n) is 8.42. The standard InChI is InChI=1S/C19H21ClN2O5S/c1-11-8-15(16(26-4)10-13(11)20)22-14-7-6-12(21-28(5,24)25)9-17(14)27-19(2,3)18(22)23/h6-10,21H,1-5H3. The van der Waals surface area contributed by atoms with Gasteiger partial charge in [-0.05, 0) is 44.5 Å². The number of hydrogen-bond donors (Lipinski definition) is 1. The number of aryl methyl sites for hydroxylation is 1. The third-order valence-electron chi connectivity index (χ3n) is 4.29. The molecule has 0 atom stereocenters.